The topological polar surface area (TPSA) is 77.8 Å². The minimum Gasteiger partial charge on any atom is -0.481 e. The van der Waals surface area contributed by atoms with E-state index in [4.69, 9.17) is 5.11 Å². The summed E-state index contributed by atoms with van der Waals surface area (Å²) in [4.78, 5) is 29.6. The zero-order chi connectivity index (χ0) is 11.3. The molecule has 0 spiro atoms. The Kier molecular flexibility index (Phi) is 4.71. The molecule has 1 aliphatic carbocycles. The summed E-state index contributed by atoms with van der Waals surface area (Å²) in [7, 11) is -3.11. The van der Waals surface area contributed by atoms with Crippen LogP contribution in [0.5, 0.6) is 0 Å². The first-order valence-electron chi connectivity index (χ1n) is 5.25. The van der Waals surface area contributed by atoms with E-state index >= 15 is 0 Å². The Hall–Kier alpha value is -0.440. The molecule has 0 bridgehead atoms. The molecule has 0 atom stereocenters. The highest BCUT2D eigenvalue weighted by molar-refractivity contribution is 7.67. The van der Waals surface area contributed by atoms with Gasteiger partial charge in [-0.05, 0) is 31.3 Å². The van der Waals surface area contributed by atoms with Crippen molar-refractivity contribution in [1.29, 1.82) is 0 Å². The average Bonchev–Trinajstić information content (AvgIpc) is 2.16. The van der Waals surface area contributed by atoms with Gasteiger partial charge in [-0.1, -0.05) is 6.42 Å². The predicted molar refractivity (Wildman–Crippen MR) is 59.6 cm³/mol. The van der Waals surface area contributed by atoms with Crippen LogP contribution in [-0.2, 0) is 4.79 Å². The van der Waals surface area contributed by atoms with Crippen LogP contribution < -0.4 is 0 Å². The highest BCUT2D eigenvalue weighted by Gasteiger charge is 2.32. The van der Waals surface area contributed by atoms with Gasteiger partial charge in [-0.15, -0.1) is 0 Å². The summed E-state index contributed by atoms with van der Waals surface area (Å²) in [6.45, 7) is 0. The summed E-state index contributed by atoms with van der Waals surface area (Å²) >= 11 is 0. The van der Waals surface area contributed by atoms with E-state index in [-0.39, 0.29) is 12.6 Å². The third kappa shape index (κ3) is 5.26. The molecule has 5 heteroatoms. The largest absolute Gasteiger partial charge is 0.481 e. The molecule has 0 aliphatic heterocycles. The van der Waals surface area contributed by atoms with Gasteiger partial charge < -0.3 is 5.11 Å². The first-order valence-corrected chi connectivity index (χ1v) is 7.20. The van der Waals surface area contributed by atoms with Crippen LogP contribution in [0.15, 0.2) is 11.4 Å². The normalized spacial score (nSPS) is 17.6. The quantitative estimate of drug-likeness (QED) is 0.650. The number of carboxylic acid groups (broad SMARTS) is 1. The summed E-state index contributed by atoms with van der Waals surface area (Å²) in [5, 5.41) is 8.46. The molecule has 0 unspecified atom stereocenters. The smallest absolute Gasteiger partial charge is 0.307 e. The molecule has 0 heterocycles. The fourth-order valence-electron chi connectivity index (χ4n) is 1.75. The third-order valence-corrected chi connectivity index (χ3v) is 4.20. The van der Waals surface area contributed by atoms with E-state index in [2.05, 4.69) is 0 Å². The zero-order valence-electron chi connectivity index (χ0n) is 8.72. The summed E-state index contributed by atoms with van der Waals surface area (Å²) < 4.78 is 0. The Morgan fingerprint density at radius 1 is 1.27 bits per heavy atom. The highest BCUT2D eigenvalue weighted by Crippen LogP contribution is 2.53. The van der Waals surface area contributed by atoms with Gasteiger partial charge in [0.15, 0.2) is 0 Å². The van der Waals surface area contributed by atoms with Crippen molar-refractivity contribution >= 4 is 13.7 Å². The molecule has 0 saturated heterocycles. The number of hydrogen-bond donors (Lipinski definition) is 3. The van der Waals surface area contributed by atoms with Gasteiger partial charge in [-0.25, -0.2) is 9.79 Å². The molecule has 1 rings (SSSR count). The van der Waals surface area contributed by atoms with E-state index < -0.39 is 13.7 Å². The van der Waals surface area contributed by atoms with E-state index in [0.717, 1.165) is 31.3 Å². The van der Waals surface area contributed by atoms with Crippen molar-refractivity contribution in [2.45, 2.75) is 38.5 Å². The lowest BCUT2D eigenvalue weighted by Crippen LogP contribution is -2.03. The number of carbonyl (C=O) groups is 1. The van der Waals surface area contributed by atoms with Crippen LogP contribution in [0, 0.1) is 0 Å². The second-order valence-corrected chi connectivity index (χ2v) is 6.28. The summed E-state index contributed by atoms with van der Waals surface area (Å²) in [5.74, 6) is 0.555. The average molecular weight is 233 g/mol. The van der Waals surface area contributed by atoms with Crippen LogP contribution in [0.3, 0.4) is 0 Å². The Morgan fingerprint density at radius 3 is 2.40 bits per heavy atom. The van der Waals surface area contributed by atoms with Crippen LogP contribution in [-0.4, -0.2) is 27.0 Å². The third-order valence-electron chi connectivity index (χ3n) is 2.54. The van der Waals surface area contributed by atoms with E-state index in [1.165, 1.54) is 12.2 Å². The van der Waals surface area contributed by atoms with Crippen LogP contribution in [0.1, 0.15) is 38.5 Å². The van der Waals surface area contributed by atoms with E-state index in [1.807, 2.05) is 0 Å². The second kappa shape index (κ2) is 5.59. The van der Waals surface area contributed by atoms with Gasteiger partial charge in [0, 0.05) is 0 Å². The standard InChI is InChI=1S/C10H17O4P/c11-10(12)6-7-15(13,14)8-9-4-2-1-3-5-9/h8,13-14H,1-7H2/p+1. The van der Waals surface area contributed by atoms with Crippen molar-refractivity contribution in [2.24, 2.45) is 0 Å². The molecule has 4 nitrogen and oxygen atoms in total. The van der Waals surface area contributed by atoms with Gasteiger partial charge in [0.1, 0.15) is 12.0 Å². The highest BCUT2D eigenvalue weighted by atomic mass is 31.2. The van der Waals surface area contributed by atoms with Crippen molar-refractivity contribution in [3.63, 3.8) is 0 Å². The van der Waals surface area contributed by atoms with Crippen molar-refractivity contribution in [3.05, 3.63) is 11.4 Å². The van der Waals surface area contributed by atoms with Crippen LogP contribution in [0.4, 0.5) is 0 Å². The van der Waals surface area contributed by atoms with Crippen molar-refractivity contribution in [1.82, 2.24) is 0 Å². The number of rotatable bonds is 4. The van der Waals surface area contributed by atoms with Gasteiger partial charge in [0.25, 0.3) is 7.72 Å². The van der Waals surface area contributed by atoms with Crippen molar-refractivity contribution in [2.75, 3.05) is 6.16 Å². The molecule has 0 radical (unpaired) electrons. The van der Waals surface area contributed by atoms with E-state index in [9.17, 15) is 14.6 Å². The minimum atomic E-state index is -3.11. The molecule has 1 saturated carbocycles. The molecule has 15 heavy (non-hydrogen) atoms. The molecular weight excluding hydrogens is 215 g/mol. The number of hydrogen-bond acceptors (Lipinski definition) is 3. The zero-order valence-corrected chi connectivity index (χ0v) is 9.62. The lowest BCUT2D eigenvalue weighted by atomic mass is 9.96. The molecule has 0 aromatic carbocycles. The van der Waals surface area contributed by atoms with Gasteiger partial charge in [0.05, 0.1) is 6.42 Å². The van der Waals surface area contributed by atoms with Gasteiger partial charge in [-0.2, -0.15) is 0 Å². The number of allylic oxidation sites excluding steroid dienone is 1. The molecule has 0 amide bonds. The Balaban J connectivity index is 2.48. The monoisotopic (exact) mass is 233 g/mol. The molecule has 3 N–H and O–H groups in total. The van der Waals surface area contributed by atoms with E-state index in [0.29, 0.717) is 0 Å². The maximum absolute atomic E-state index is 10.3. The first kappa shape index (κ1) is 12.6. The summed E-state index contributed by atoms with van der Waals surface area (Å²) in [6, 6.07) is 0. The lowest BCUT2D eigenvalue weighted by molar-refractivity contribution is -0.136. The van der Waals surface area contributed by atoms with Crippen LogP contribution in [0.2, 0.25) is 0 Å². The second-order valence-electron chi connectivity index (χ2n) is 4.00. The number of aliphatic carboxylic acids is 1. The van der Waals surface area contributed by atoms with Crippen molar-refractivity contribution < 1.29 is 19.7 Å². The van der Waals surface area contributed by atoms with Crippen LogP contribution >= 0.6 is 7.72 Å². The Labute approximate surface area is 90.1 Å². The molecule has 1 fully saturated rings. The molecular formula is C10H18O4P+. The maximum atomic E-state index is 10.3. The fraction of sp³-hybridized carbons (Fsp3) is 0.700. The fourth-order valence-corrected chi connectivity index (χ4v) is 3.24. The lowest BCUT2D eigenvalue weighted by Gasteiger charge is -2.14. The first-order chi connectivity index (χ1) is 6.99. The summed E-state index contributed by atoms with van der Waals surface area (Å²) in [6.07, 6.45) is 5.05. The van der Waals surface area contributed by atoms with Gasteiger partial charge in [-0.3, -0.25) is 4.79 Å². The van der Waals surface area contributed by atoms with Gasteiger partial charge >= 0.3 is 5.97 Å². The predicted octanol–water partition coefficient (Wildman–Crippen LogP) is 2.14. The SMILES string of the molecule is O=C(O)CC[P+](O)(O)C=C1CCCCC1. The Morgan fingerprint density at radius 2 is 1.87 bits per heavy atom. The summed E-state index contributed by atoms with van der Waals surface area (Å²) in [5.41, 5.74) is 1.09. The molecule has 86 valence electrons. The van der Waals surface area contributed by atoms with Crippen molar-refractivity contribution in [3.8, 4) is 0 Å². The molecule has 1 aliphatic rings. The maximum Gasteiger partial charge on any atom is 0.307 e. The number of carboxylic acids is 1. The van der Waals surface area contributed by atoms with E-state index in [1.54, 1.807) is 0 Å². The minimum absolute atomic E-state index is 0.0359. The Bertz CT molecular complexity index is 252. The molecule has 0 aromatic rings. The molecule has 0 aromatic heterocycles. The van der Waals surface area contributed by atoms with Gasteiger partial charge in [0.2, 0.25) is 0 Å². The van der Waals surface area contributed by atoms with Crippen LogP contribution in [0.25, 0.3) is 0 Å².